The molecule has 0 bridgehead atoms. The van der Waals surface area contributed by atoms with Gasteiger partial charge in [0.15, 0.2) is 24.1 Å². The van der Waals surface area contributed by atoms with Crippen molar-refractivity contribution in [3.63, 3.8) is 0 Å². The van der Waals surface area contributed by atoms with Crippen LogP contribution in [0.4, 0.5) is 5.82 Å². The Bertz CT molecular complexity index is 1010. The Morgan fingerprint density at radius 3 is 2.26 bits per heavy atom. The molecule has 2 heterocycles. The monoisotopic (exact) mass is 487 g/mol. The van der Waals surface area contributed by atoms with Gasteiger partial charge in [-0.05, 0) is 18.4 Å². The van der Waals surface area contributed by atoms with Crippen molar-refractivity contribution in [2.75, 3.05) is 12.3 Å². The first-order valence-corrected chi connectivity index (χ1v) is 11.8. The van der Waals surface area contributed by atoms with E-state index in [0.717, 1.165) is 5.56 Å². The SMILES string of the molecule is CCCC(=O)O[C@@H]1[C@H](OC(=O)CCC)[C@@H](CNCc2ccccc2)O[C@H]1n1cnc(C(N)=O)c1N. The standard InChI is InChI=1S/C24H33N5O6/c1-3-8-17(30)34-20-16(13-27-12-15-10-6-5-7-11-15)33-24(21(20)35-18(31)9-4-2)29-14-28-19(22(29)25)23(26)32/h5-7,10-11,14,16,20-21,24,27H,3-4,8-9,12-13,25H2,1-2H3,(H2,26,32)/t16-,20-,21-,24-/m1/s1. The molecule has 0 spiro atoms. The van der Waals surface area contributed by atoms with Gasteiger partial charge in [0.25, 0.3) is 5.91 Å². The molecule has 5 N–H and O–H groups in total. The maximum Gasteiger partial charge on any atom is 0.306 e. The number of hydrogen-bond acceptors (Lipinski definition) is 9. The van der Waals surface area contributed by atoms with Gasteiger partial charge in [0.2, 0.25) is 0 Å². The number of rotatable bonds is 12. The number of anilines is 1. The van der Waals surface area contributed by atoms with Crippen LogP contribution in [0.1, 0.15) is 61.8 Å². The van der Waals surface area contributed by atoms with E-state index in [9.17, 15) is 14.4 Å². The average Bonchev–Trinajstić information content (AvgIpc) is 3.35. The number of esters is 2. The molecule has 1 aliphatic heterocycles. The van der Waals surface area contributed by atoms with Crippen molar-refractivity contribution in [1.29, 1.82) is 0 Å². The minimum atomic E-state index is -1.00. The molecular weight excluding hydrogens is 454 g/mol. The molecule has 1 amide bonds. The molecule has 0 saturated carbocycles. The Labute approximate surface area is 204 Å². The number of hydrogen-bond donors (Lipinski definition) is 3. The maximum absolute atomic E-state index is 12.5. The number of amides is 1. The summed E-state index contributed by atoms with van der Waals surface area (Å²) >= 11 is 0. The van der Waals surface area contributed by atoms with Crippen molar-refractivity contribution in [2.24, 2.45) is 5.73 Å². The summed E-state index contributed by atoms with van der Waals surface area (Å²) in [5.41, 5.74) is 12.4. The third kappa shape index (κ3) is 6.58. The van der Waals surface area contributed by atoms with Gasteiger partial charge in [0, 0.05) is 25.9 Å². The molecular formula is C24H33N5O6. The molecule has 11 heteroatoms. The molecule has 11 nitrogen and oxygen atoms in total. The Morgan fingerprint density at radius 2 is 1.69 bits per heavy atom. The van der Waals surface area contributed by atoms with Crippen LogP contribution in [0.25, 0.3) is 0 Å². The van der Waals surface area contributed by atoms with E-state index in [4.69, 9.17) is 25.7 Å². The van der Waals surface area contributed by atoms with Crippen LogP contribution in [0, 0.1) is 0 Å². The van der Waals surface area contributed by atoms with Gasteiger partial charge in [-0.2, -0.15) is 0 Å². The quantitative estimate of drug-likeness (QED) is 0.378. The topological polar surface area (TPSA) is 161 Å². The highest BCUT2D eigenvalue weighted by Crippen LogP contribution is 2.36. The highest BCUT2D eigenvalue weighted by Gasteiger charge is 2.50. The fraction of sp³-hybridized carbons (Fsp3) is 0.500. The summed E-state index contributed by atoms with van der Waals surface area (Å²) in [6.07, 6.45) is -0.672. The van der Waals surface area contributed by atoms with E-state index in [0.29, 0.717) is 25.9 Å². The Morgan fingerprint density at radius 1 is 1.06 bits per heavy atom. The van der Waals surface area contributed by atoms with Crippen LogP contribution in [0.3, 0.4) is 0 Å². The molecule has 0 aliphatic carbocycles. The minimum absolute atomic E-state index is 0.0319. The van der Waals surface area contributed by atoms with Crippen molar-refractivity contribution in [3.8, 4) is 0 Å². The molecule has 0 unspecified atom stereocenters. The van der Waals surface area contributed by atoms with Crippen molar-refractivity contribution in [2.45, 2.75) is 70.6 Å². The number of primary amides is 1. The summed E-state index contributed by atoms with van der Waals surface area (Å²) in [6, 6.07) is 9.78. The number of nitrogens with two attached hydrogens (primary N) is 2. The number of nitrogen functional groups attached to an aromatic ring is 1. The van der Waals surface area contributed by atoms with Crippen molar-refractivity contribution in [3.05, 3.63) is 47.9 Å². The van der Waals surface area contributed by atoms with Crippen LogP contribution in [-0.4, -0.2) is 52.3 Å². The van der Waals surface area contributed by atoms with E-state index < -0.39 is 42.4 Å². The highest BCUT2D eigenvalue weighted by atomic mass is 16.6. The smallest absolute Gasteiger partial charge is 0.306 e. The zero-order chi connectivity index (χ0) is 25.4. The van der Waals surface area contributed by atoms with Gasteiger partial charge >= 0.3 is 11.9 Å². The van der Waals surface area contributed by atoms with Crippen LogP contribution in [0.2, 0.25) is 0 Å². The first-order valence-electron chi connectivity index (χ1n) is 11.8. The lowest BCUT2D eigenvalue weighted by Gasteiger charge is -2.25. The number of carbonyl (C=O) groups is 3. The second-order valence-electron chi connectivity index (χ2n) is 8.34. The lowest BCUT2D eigenvalue weighted by Crippen LogP contribution is -2.43. The fourth-order valence-corrected chi connectivity index (χ4v) is 3.91. The lowest BCUT2D eigenvalue weighted by molar-refractivity contribution is -0.168. The van der Waals surface area contributed by atoms with E-state index >= 15 is 0 Å². The van der Waals surface area contributed by atoms with E-state index in [1.807, 2.05) is 44.2 Å². The summed E-state index contributed by atoms with van der Waals surface area (Å²) in [6.45, 7) is 4.57. The lowest BCUT2D eigenvalue weighted by atomic mass is 10.1. The maximum atomic E-state index is 12.5. The molecule has 1 aromatic heterocycles. The molecule has 3 rings (SSSR count). The molecule has 1 fully saturated rings. The number of carbonyl (C=O) groups excluding carboxylic acids is 3. The van der Waals surface area contributed by atoms with E-state index in [1.54, 1.807) is 0 Å². The molecule has 2 aromatic rings. The number of ether oxygens (including phenoxy) is 3. The number of benzene rings is 1. The van der Waals surface area contributed by atoms with Crippen molar-refractivity contribution < 1.29 is 28.6 Å². The van der Waals surface area contributed by atoms with Crippen molar-refractivity contribution >= 4 is 23.7 Å². The van der Waals surface area contributed by atoms with Gasteiger partial charge in [0.05, 0.1) is 6.33 Å². The van der Waals surface area contributed by atoms with Crippen molar-refractivity contribution in [1.82, 2.24) is 14.9 Å². The largest absolute Gasteiger partial charge is 0.455 e. The summed E-state index contributed by atoms with van der Waals surface area (Å²) < 4.78 is 19.1. The third-order valence-corrected chi connectivity index (χ3v) is 5.59. The second-order valence-corrected chi connectivity index (χ2v) is 8.34. The predicted octanol–water partition coefficient (Wildman–Crippen LogP) is 1.68. The Kier molecular flexibility index (Phi) is 9.21. The summed E-state index contributed by atoms with van der Waals surface area (Å²) in [5.74, 6) is -1.72. The van der Waals surface area contributed by atoms with E-state index in [1.165, 1.54) is 10.9 Å². The second kappa shape index (κ2) is 12.3. The highest BCUT2D eigenvalue weighted by molar-refractivity contribution is 5.95. The van der Waals surface area contributed by atoms with Crippen LogP contribution < -0.4 is 16.8 Å². The van der Waals surface area contributed by atoms with Crippen LogP contribution in [0.15, 0.2) is 36.7 Å². The van der Waals surface area contributed by atoms with Gasteiger partial charge < -0.3 is 31.0 Å². The Balaban J connectivity index is 1.88. The third-order valence-electron chi connectivity index (χ3n) is 5.59. The molecule has 4 atom stereocenters. The predicted molar refractivity (Wildman–Crippen MR) is 127 cm³/mol. The molecule has 35 heavy (non-hydrogen) atoms. The summed E-state index contributed by atoms with van der Waals surface area (Å²) in [7, 11) is 0. The molecule has 1 saturated heterocycles. The minimum Gasteiger partial charge on any atom is -0.455 e. The average molecular weight is 488 g/mol. The molecule has 190 valence electrons. The van der Waals surface area contributed by atoms with Gasteiger partial charge in [-0.1, -0.05) is 44.2 Å². The van der Waals surface area contributed by atoms with E-state index in [2.05, 4.69) is 10.3 Å². The van der Waals surface area contributed by atoms with Gasteiger partial charge in [-0.15, -0.1) is 0 Å². The Hall–Kier alpha value is -3.44. The number of nitrogens with zero attached hydrogens (tertiary/aromatic N) is 2. The normalized spacial score (nSPS) is 21.5. The van der Waals surface area contributed by atoms with Crippen LogP contribution in [-0.2, 0) is 30.3 Å². The summed E-state index contributed by atoms with van der Waals surface area (Å²) in [5, 5.41) is 3.30. The summed E-state index contributed by atoms with van der Waals surface area (Å²) in [4.78, 5) is 40.6. The zero-order valence-electron chi connectivity index (χ0n) is 20.0. The number of nitrogens with one attached hydrogen (secondary N) is 1. The number of aromatic nitrogens is 2. The van der Waals surface area contributed by atoms with Gasteiger partial charge in [-0.3, -0.25) is 19.0 Å². The molecule has 0 radical (unpaired) electrons. The zero-order valence-corrected chi connectivity index (χ0v) is 20.0. The number of imidazole rings is 1. The van der Waals surface area contributed by atoms with Gasteiger partial charge in [0.1, 0.15) is 11.9 Å². The first-order chi connectivity index (χ1) is 16.8. The molecule has 1 aliphatic rings. The molecule has 1 aromatic carbocycles. The fourth-order valence-electron chi connectivity index (χ4n) is 3.91. The van der Waals surface area contributed by atoms with Gasteiger partial charge in [-0.25, -0.2) is 4.98 Å². The van der Waals surface area contributed by atoms with Crippen LogP contribution >= 0.6 is 0 Å². The van der Waals surface area contributed by atoms with Crippen LogP contribution in [0.5, 0.6) is 0 Å². The first kappa shape index (κ1) is 26.2. The van der Waals surface area contributed by atoms with E-state index in [-0.39, 0.29) is 24.4 Å².